The van der Waals surface area contributed by atoms with Crippen molar-refractivity contribution in [2.75, 3.05) is 5.32 Å². The molecule has 0 fully saturated rings. The Bertz CT molecular complexity index is 1020. The Balaban J connectivity index is 2.02. The molecule has 0 aliphatic heterocycles. The van der Waals surface area contributed by atoms with Crippen molar-refractivity contribution in [2.45, 2.75) is 32.2 Å². The number of aryl methyl sites for hydroxylation is 1. The van der Waals surface area contributed by atoms with Gasteiger partial charge in [-0.05, 0) is 30.0 Å². The van der Waals surface area contributed by atoms with E-state index in [2.05, 4.69) is 5.32 Å². The first-order chi connectivity index (χ1) is 14.2. The number of carbonyl (C=O) groups is 2. The molecule has 1 heterocycles. The van der Waals surface area contributed by atoms with Gasteiger partial charge in [-0.15, -0.1) is 11.3 Å². The summed E-state index contributed by atoms with van der Waals surface area (Å²) >= 11 is 0.777. The van der Waals surface area contributed by atoms with Gasteiger partial charge in [-0.3, -0.25) is 19.7 Å². The molecule has 2 aromatic rings. The fourth-order valence-corrected chi connectivity index (χ4v) is 3.59. The molecule has 0 atom stereocenters. The number of nitrogens with one attached hydrogen (secondary N) is 2. The lowest BCUT2D eigenvalue weighted by Crippen LogP contribution is -2.28. The molecular weight excluding hydrogens is 456 g/mol. The molecule has 31 heavy (non-hydrogen) atoms. The van der Waals surface area contributed by atoms with Gasteiger partial charge in [-0.1, -0.05) is 0 Å². The Morgan fingerprint density at radius 1 is 1.10 bits per heavy atom. The van der Waals surface area contributed by atoms with Crippen LogP contribution in [0.2, 0.25) is 0 Å². The van der Waals surface area contributed by atoms with Crippen molar-refractivity contribution < 1.29 is 40.9 Å². The number of nitro benzene ring substituents is 1. The number of thiophene rings is 1. The van der Waals surface area contributed by atoms with Crippen LogP contribution in [-0.2, 0) is 28.5 Å². The Morgan fingerprint density at radius 3 is 2.29 bits per heavy atom. The molecule has 0 bridgehead atoms. The van der Waals surface area contributed by atoms with Crippen LogP contribution in [0.3, 0.4) is 0 Å². The molecule has 0 radical (unpaired) electrons. The van der Waals surface area contributed by atoms with Crippen LogP contribution < -0.4 is 10.6 Å². The number of anilines is 1. The number of carbonyl (C=O) groups excluding carboxylic acids is 2. The first-order valence-corrected chi connectivity index (χ1v) is 9.14. The monoisotopic (exact) mass is 469 g/mol. The zero-order chi connectivity index (χ0) is 23.6. The minimum Gasteiger partial charge on any atom is -0.351 e. The Labute approximate surface area is 174 Å². The second kappa shape index (κ2) is 8.91. The predicted octanol–water partition coefficient (Wildman–Crippen LogP) is 4.65. The van der Waals surface area contributed by atoms with Crippen LogP contribution in [0.1, 0.15) is 28.0 Å². The lowest BCUT2D eigenvalue weighted by Gasteiger charge is -2.11. The standard InChI is InChI=1S/C17H13F6N3O4S/c1-8-7-31-12(15(8)17(21,22)23)6-24-13(27)5-14(28)25-9-2-3-11(26(29)30)10(4-9)16(18,19)20/h2-4,7H,5-6H2,1H3,(H,24,27)(H,25,28). The van der Waals surface area contributed by atoms with Gasteiger partial charge >= 0.3 is 12.4 Å². The van der Waals surface area contributed by atoms with E-state index in [0.29, 0.717) is 12.1 Å². The molecular formula is C17H13F6N3O4S. The van der Waals surface area contributed by atoms with Crippen LogP contribution >= 0.6 is 11.3 Å². The SMILES string of the molecule is Cc1csc(CNC(=O)CC(=O)Nc2ccc([N+](=O)[O-])c(C(F)(F)F)c2)c1C(F)(F)F. The quantitative estimate of drug-likeness (QED) is 0.278. The van der Waals surface area contributed by atoms with Crippen molar-refractivity contribution >= 4 is 34.5 Å². The van der Waals surface area contributed by atoms with Crippen LogP contribution in [0.5, 0.6) is 0 Å². The highest BCUT2D eigenvalue weighted by atomic mass is 32.1. The molecule has 0 saturated heterocycles. The molecule has 168 valence electrons. The van der Waals surface area contributed by atoms with Gasteiger partial charge in [-0.25, -0.2) is 0 Å². The number of alkyl halides is 6. The highest BCUT2D eigenvalue weighted by Crippen LogP contribution is 2.38. The summed E-state index contributed by atoms with van der Waals surface area (Å²) in [5.74, 6) is -2.02. The van der Waals surface area contributed by atoms with Crippen LogP contribution in [0.15, 0.2) is 23.6 Å². The van der Waals surface area contributed by atoms with Crippen molar-refractivity contribution in [3.05, 3.63) is 55.3 Å². The lowest BCUT2D eigenvalue weighted by atomic mass is 10.1. The molecule has 7 nitrogen and oxygen atoms in total. The van der Waals surface area contributed by atoms with Crippen molar-refractivity contribution in [1.82, 2.24) is 5.32 Å². The van der Waals surface area contributed by atoms with E-state index in [1.54, 1.807) is 0 Å². The van der Waals surface area contributed by atoms with Gasteiger partial charge in [0.1, 0.15) is 12.0 Å². The molecule has 2 N–H and O–H groups in total. The van der Waals surface area contributed by atoms with Gasteiger partial charge in [0.15, 0.2) is 0 Å². The third-order valence-electron chi connectivity index (χ3n) is 3.88. The highest BCUT2D eigenvalue weighted by Gasteiger charge is 2.39. The van der Waals surface area contributed by atoms with Gasteiger partial charge in [0.05, 0.1) is 17.0 Å². The van der Waals surface area contributed by atoms with E-state index in [-0.39, 0.29) is 10.4 Å². The summed E-state index contributed by atoms with van der Waals surface area (Å²) in [7, 11) is 0. The minimum absolute atomic E-state index is 0.0156. The average Bonchev–Trinajstić information content (AvgIpc) is 2.99. The topological polar surface area (TPSA) is 101 Å². The molecule has 0 aliphatic rings. The Hall–Kier alpha value is -3.16. The van der Waals surface area contributed by atoms with E-state index >= 15 is 0 Å². The number of hydrogen-bond donors (Lipinski definition) is 2. The average molecular weight is 469 g/mol. The third kappa shape index (κ3) is 6.16. The molecule has 2 rings (SSSR count). The van der Waals surface area contributed by atoms with E-state index in [0.717, 1.165) is 17.4 Å². The lowest BCUT2D eigenvalue weighted by molar-refractivity contribution is -0.388. The van der Waals surface area contributed by atoms with Crippen molar-refractivity contribution in [1.29, 1.82) is 0 Å². The molecule has 0 spiro atoms. The van der Waals surface area contributed by atoms with Gasteiger partial charge in [0.2, 0.25) is 11.8 Å². The number of rotatable bonds is 6. The maximum absolute atomic E-state index is 13.0. The summed E-state index contributed by atoms with van der Waals surface area (Å²) in [6.45, 7) is 0.771. The number of hydrogen-bond acceptors (Lipinski definition) is 5. The summed E-state index contributed by atoms with van der Waals surface area (Å²) in [5.41, 5.74) is -4.14. The van der Waals surface area contributed by atoms with Crippen molar-refractivity contribution in [3.63, 3.8) is 0 Å². The van der Waals surface area contributed by atoms with Gasteiger partial charge in [0, 0.05) is 16.6 Å². The fourth-order valence-electron chi connectivity index (χ4n) is 2.60. The zero-order valence-electron chi connectivity index (χ0n) is 15.5. The van der Waals surface area contributed by atoms with Crippen LogP contribution in [0, 0.1) is 17.0 Å². The van der Waals surface area contributed by atoms with Crippen LogP contribution in [0.25, 0.3) is 0 Å². The Kier molecular flexibility index (Phi) is 6.93. The fraction of sp³-hybridized carbons (Fsp3) is 0.294. The van der Waals surface area contributed by atoms with Crippen LogP contribution in [-0.4, -0.2) is 16.7 Å². The minimum atomic E-state index is -5.06. The van der Waals surface area contributed by atoms with E-state index in [4.69, 9.17) is 0 Å². The summed E-state index contributed by atoms with van der Waals surface area (Å²) in [6, 6.07) is 1.75. The van der Waals surface area contributed by atoms with E-state index in [9.17, 15) is 46.0 Å². The van der Waals surface area contributed by atoms with E-state index in [1.165, 1.54) is 12.3 Å². The first-order valence-electron chi connectivity index (χ1n) is 8.26. The van der Waals surface area contributed by atoms with Crippen molar-refractivity contribution in [3.8, 4) is 0 Å². The van der Waals surface area contributed by atoms with Crippen LogP contribution in [0.4, 0.5) is 37.7 Å². The first kappa shape index (κ1) is 24.1. The number of benzene rings is 1. The molecule has 14 heteroatoms. The largest absolute Gasteiger partial charge is 0.423 e. The predicted molar refractivity (Wildman–Crippen MR) is 97.2 cm³/mol. The second-order valence-electron chi connectivity index (χ2n) is 6.20. The van der Waals surface area contributed by atoms with Gasteiger partial charge in [-0.2, -0.15) is 26.3 Å². The molecule has 0 saturated carbocycles. The summed E-state index contributed by atoms with van der Waals surface area (Å²) in [6.07, 6.45) is -10.6. The summed E-state index contributed by atoms with van der Waals surface area (Å²) in [4.78, 5) is 33.0. The molecule has 1 aromatic carbocycles. The summed E-state index contributed by atoms with van der Waals surface area (Å²) in [5, 5.41) is 16.1. The number of nitro groups is 1. The smallest absolute Gasteiger partial charge is 0.351 e. The normalized spacial score (nSPS) is 11.8. The summed E-state index contributed by atoms with van der Waals surface area (Å²) < 4.78 is 77.9. The van der Waals surface area contributed by atoms with E-state index < -0.39 is 64.6 Å². The highest BCUT2D eigenvalue weighted by molar-refractivity contribution is 7.10. The third-order valence-corrected chi connectivity index (χ3v) is 4.99. The number of nitrogens with zero attached hydrogens (tertiary/aromatic N) is 1. The maximum atomic E-state index is 13.0. The molecule has 2 amide bonds. The Morgan fingerprint density at radius 2 is 1.74 bits per heavy atom. The second-order valence-corrected chi connectivity index (χ2v) is 7.17. The van der Waals surface area contributed by atoms with E-state index in [1.807, 2.05) is 5.32 Å². The number of amides is 2. The molecule has 0 unspecified atom stereocenters. The zero-order valence-corrected chi connectivity index (χ0v) is 16.3. The molecule has 1 aromatic heterocycles. The van der Waals surface area contributed by atoms with Gasteiger partial charge in [0.25, 0.3) is 5.69 Å². The van der Waals surface area contributed by atoms with Crippen molar-refractivity contribution in [2.24, 2.45) is 0 Å². The number of halogens is 6. The molecule has 0 aliphatic carbocycles. The maximum Gasteiger partial charge on any atom is 0.423 e. The van der Waals surface area contributed by atoms with Gasteiger partial charge < -0.3 is 10.6 Å².